The molecule has 11 N–H and O–H groups in total. The van der Waals surface area contributed by atoms with Crippen molar-refractivity contribution in [3.63, 3.8) is 0 Å². The van der Waals surface area contributed by atoms with Crippen LogP contribution in [-0.2, 0) is 19.2 Å². The van der Waals surface area contributed by atoms with Gasteiger partial charge in [0.1, 0.15) is 18.1 Å². The Labute approximate surface area is 204 Å². The van der Waals surface area contributed by atoms with Gasteiger partial charge in [0.15, 0.2) is 5.96 Å². The highest BCUT2D eigenvalue weighted by Gasteiger charge is 2.30. The summed E-state index contributed by atoms with van der Waals surface area (Å²) in [4.78, 5) is 53.1. The van der Waals surface area contributed by atoms with E-state index in [4.69, 9.17) is 17.2 Å². The number of aliphatic hydroxyl groups is 1. The number of aliphatic imine (C=N–C) groups is 1. The second kappa shape index (κ2) is 16.9. The lowest BCUT2D eigenvalue weighted by Gasteiger charge is -2.25. The van der Waals surface area contributed by atoms with Gasteiger partial charge in [0.05, 0.1) is 12.6 Å². The molecule has 0 rings (SSSR count). The predicted molar refractivity (Wildman–Crippen MR) is 131 cm³/mol. The highest BCUT2D eigenvalue weighted by Crippen LogP contribution is 2.07. The maximum Gasteiger partial charge on any atom is 0.326 e. The fourth-order valence-electron chi connectivity index (χ4n) is 2.78. The van der Waals surface area contributed by atoms with Crippen molar-refractivity contribution in [2.45, 2.75) is 63.7 Å². The van der Waals surface area contributed by atoms with E-state index in [1.807, 2.05) is 13.2 Å². The molecule has 0 aliphatic heterocycles. The van der Waals surface area contributed by atoms with Gasteiger partial charge in [-0.1, -0.05) is 20.3 Å². The molecule has 34 heavy (non-hydrogen) atoms. The summed E-state index contributed by atoms with van der Waals surface area (Å²) in [5.41, 5.74) is 16.3. The average Bonchev–Trinajstić information content (AvgIpc) is 2.79. The topological polar surface area (TPSA) is 235 Å². The number of hydrogen-bond acceptors (Lipinski definition) is 8. The number of thioether (sulfide) groups is 1. The van der Waals surface area contributed by atoms with E-state index in [0.29, 0.717) is 18.6 Å². The predicted octanol–water partition coefficient (Wildman–Crippen LogP) is -2.30. The van der Waals surface area contributed by atoms with Crippen molar-refractivity contribution in [1.82, 2.24) is 16.0 Å². The van der Waals surface area contributed by atoms with Gasteiger partial charge in [-0.15, -0.1) is 0 Å². The molecule has 0 aromatic carbocycles. The average molecular weight is 506 g/mol. The SMILES string of the molecule is CCC(C)C(N)C(=O)NC(CO)C(=O)NC(CCSC)C(=O)NC(CCCN=C(N)N)C(=O)O. The molecule has 0 saturated carbocycles. The maximum absolute atomic E-state index is 12.8. The Bertz CT molecular complexity index is 705. The Balaban J connectivity index is 5.23. The summed E-state index contributed by atoms with van der Waals surface area (Å²) in [6.45, 7) is 3.15. The zero-order valence-electron chi connectivity index (χ0n) is 20.0. The third-order valence-corrected chi connectivity index (χ3v) is 5.82. The number of nitrogens with two attached hydrogens (primary N) is 3. The van der Waals surface area contributed by atoms with Crippen LogP contribution in [0.3, 0.4) is 0 Å². The minimum absolute atomic E-state index is 0.0733. The molecule has 3 amide bonds. The van der Waals surface area contributed by atoms with E-state index in [2.05, 4.69) is 20.9 Å². The molecule has 0 aliphatic carbocycles. The van der Waals surface area contributed by atoms with Crippen molar-refractivity contribution in [1.29, 1.82) is 0 Å². The van der Waals surface area contributed by atoms with Gasteiger partial charge in [-0.25, -0.2) is 4.79 Å². The van der Waals surface area contributed by atoms with E-state index in [1.165, 1.54) is 11.8 Å². The second-order valence-corrected chi connectivity index (χ2v) is 8.83. The molecule has 0 fully saturated rings. The number of aliphatic hydroxyl groups excluding tert-OH is 1. The van der Waals surface area contributed by atoms with Crippen molar-refractivity contribution in [3.8, 4) is 0 Å². The van der Waals surface area contributed by atoms with Crippen molar-refractivity contribution < 1.29 is 29.4 Å². The number of amides is 3. The van der Waals surface area contributed by atoms with E-state index >= 15 is 0 Å². The van der Waals surface area contributed by atoms with Crippen LogP contribution in [0.15, 0.2) is 4.99 Å². The molecular weight excluding hydrogens is 466 g/mol. The molecule has 0 radical (unpaired) electrons. The third kappa shape index (κ3) is 12.0. The lowest BCUT2D eigenvalue weighted by atomic mass is 9.99. The molecule has 0 aliphatic rings. The first kappa shape index (κ1) is 31.4. The molecule has 0 aromatic heterocycles. The van der Waals surface area contributed by atoms with Gasteiger partial charge in [-0.3, -0.25) is 19.4 Å². The number of nitrogens with zero attached hydrogens (tertiary/aromatic N) is 1. The Morgan fingerprint density at radius 2 is 1.53 bits per heavy atom. The van der Waals surface area contributed by atoms with Gasteiger partial charge in [-0.05, 0) is 37.2 Å². The normalized spacial score (nSPS) is 15.2. The number of carbonyl (C=O) groups is 4. The highest BCUT2D eigenvalue weighted by molar-refractivity contribution is 7.98. The van der Waals surface area contributed by atoms with Gasteiger partial charge < -0.3 is 43.4 Å². The number of guanidine groups is 1. The minimum atomic E-state index is -1.32. The Hall–Kier alpha value is -2.58. The number of carbonyl (C=O) groups excluding carboxylic acids is 3. The zero-order chi connectivity index (χ0) is 26.3. The lowest BCUT2D eigenvalue weighted by Crippen LogP contribution is -2.58. The van der Waals surface area contributed by atoms with Crippen LogP contribution in [0.2, 0.25) is 0 Å². The zero-order valence-corrected chi connectivity index (χ0v) is 20.8. The Kier molecular flexibility index (Phi) is 15.7. The molecule has 5 atom stereocenters. The van der Waals surface area contributed by atoms with Gasteiger partial charge in [0.2, 0.25) is 17.7 Å². The van der Waals surface area contributed by atoms with Crippen LogP contribution in [0.25, 0.3) is 0 Å². The van der Waals surface area contributed by atoms with Crippen LogP contribution in [0.4, 0.5) is 0 Å². The van der Waals surface area contributed by atoms with Gasteiger partial charge in [0, 0.05) is 6.54 Å². The number of carboxylic acid groups (broad SMARTS) is 1. The number of aliphatic carboxylic acids is 1. The van der Waals surface area contributed by atoms with Crippen molar-refractivity contribution >= 4 is 41.4 Å². The number of hydrogen-bond donors (Lipinski definition) is 8. The quantitative estimate of drug-likeness (QED) is 0.0597. The Morgan fingerprint density at radius 3 is 2.03 bits per heavy atom. The summed E-state index contributed by atoms with van der Waals surface area (Å²) in [7, 11) is 0. The van der Waals surface area contributed by atoms with Crippen LogP contribution >= 0.6 is 11.8 Å². The summed E-state index contributed by atoms with van der Waals surface area (Å²) in [5.74, 6) is -3.08. The summed E-state index contributed by atoms with van der Waals surface area (Å²) in [5, 5.41) is 26.3. The van der Waals surface area contributed by atoms with E-state index < -0.39 is 54.5 Å². The van der Waals surface area contributed by atoms with Crippen molar-refractivity contribution in [3.05, 3.63) is 0 Å². The molecule has 0 saturated heterocycles. The molecule has 0 bridgehead atoms. The molecule has 13 nitrogen and oxygen atoms in total. The van der Waals surface area contributed by atoms with Crippen LogP contribution in [0.5, 0.6) is 0 Å². The first-order chi connectivity index (χ1) is 16.0. The van der Waals surface area contributed by atoms with Crippen LogP contribution in [0.1, 0.15) is 39.5 Å². The van der Waals surface area contributed by atoms with E-state index in [-0.39, 0.29) is 31.3 Å². The van der Waals surface area contributed by atoms with Crippen molar-refractivity contribution in [2.24, 2.45) is 28.1 Å². The molecular formula is C20H39N7O6S. The maximum atomic E-state index is 12.8. The summed E-state index contributed by atoms with van der Waals surface area (Å²) >= 11 is 1.43. The van der Waals surface area contributed by atoms with Gasteiger partial charge in [0.25, 0.3) is 0 Å². The molecule has 5 unspecified atom stereocenters. The number of carboxylic acids is 1. The van der Waals surface area contributed by atoms with Crippen LogP contribution in [-0.4, -0.2) is 89.2 Å². The monoisotopic (exact) mass is 505 g/mol. The van der Waals surface area contributed by atoms with Crippen molar-refractivity contribution in [2.75, 3.05) is 25.2 Å². The smallest absolute Gasteiger partial charge is 0.326 e. The van der Waals surface area contributed by atoms with E-state index in [9.17, 15) is 29.4 Å². The number of nitrogens with one attached hydrogen (secondary N) is 3. The molecule has 0 heterocycles. The fourth-order valence-corrected chi connectivity index (χ4v) is 3.26. The van der Waals surface area contributed by atoms with Crippen LogP contribution in [0, 0.1) is 5.92 Å². The summed E-state index contributed by atoms with van der Waals surface area (Å²) < 4.78 is 0. The first-order valence-corrected chi connectivity index (χ1v) is 12.4. The van der Waals surface area contributed by atoms with E-state index in [1.54, 1.807) is 6.92 Å². The number of rotatable bonds is 17. The first-order valence-electron chi connectivity index (χ1n) is 11.0. The molecule has 0 aromatic rings. The largest absolute Gasteiger partial charge is 0.480 e. The molecule has 196 valence electrons. The summed E-state index contributed by atoms with van der Waals surface area (Å²) in [6.07, 6.45) is 3.05. The lowest BCUT2D eigenvalue weighted by molar-refractivity contribution is -0.142. The second-order valence-electron chi connectivity index (χ2n) is 7.85. The summed E-state index contributed by atoms with van der Waals surface area (Å²) in [6, 6.07) is -4.47. The van der Waals surface area contributed by atoms with E-state index in [0.717, 1.165) is 0 Å². The minimum Gasteiger partial charge on any atom is -0.480 e. The highest BCUT2D eigenvalue weighted by atomic mass is 32.2. The standard InChI is InChI=1S/C20H39N7O6S/c1-4-11(2)15(21)18(31)27-14(10-28)17(30)25-12(7-9-34-3)16(29)26-13(19(32)33)6-5-8-24-20(22)23/h11-15,28H,4-10,21H2,1-3H3,(H,25,30)(H,26,29)(H,27,31)(H,32,33)(H4,22,23,24). The van der Waals surface area contributed by atoms with Gasteiger partial charge >= 0.3 is 5.97 Å². The van der Waals surface area contributed by atoms with Crippen LogP contribution < -0.4 is 33.2 Å². The fraction of sp³-hybridized carbons (Fsp3) is 0.750. The molecule has 0 spiro atoms. The third-order valence-electron chi connectivity index (χ3n) is 5.18. The molecule has 14 heteroatoms. The Morgan fingerprint density at radius 1 is 0.971 bits per heavy atom. The van der Waals surface area contributed by atoms with Gasteiger partial charge in [-0.2, -0.15) is 11.8 Å².